The number of pyridine rings is 1. The number of aryl methyl sites for hydroxylation is 1. The van der Waals surface area contributed by atoms with Gasteiger partial charge in [-0.1, -0.05) is 31.1 Å². The summed E-state index contributed by atoms with van der Waals surface area (Å²) in [7, 11) is 0. The zero-order chi connectivity index (χ0) is 15.1. The lowest BCUT2D eigenvalue weighted by Gasteiger charge is -2.00. The van der Waals surface area contributed by atoms with Crippen LogP contribution >= 0.6 is 11.3 Å². The fraction of sp³-hybridized carbons (Fsp3) is 0.357. The number of nitrogens with one attached hydrogen (secondary N) is 1. The SMILES string of the molecule is CCCCCc1nnc(NC(=O)c2ccc(C#N)nc2)s1. The van der Waals surface area contributed by atoms with Gasteiger partial charge in [-0.05, 0) is 18.6 Å². The smallest absolute Gasteiger partial charge is 0.259 e. The highest BCUT2D eigenvalue weighted by molar-refractivity contribution is 7.15. The summed E-state index contributed by atoms with van der Waals surface area (Å²) in [5.74, 6) is -0.303. The molecule has 2 aromatic rings. The van der Waals surface area contributed by atoms with Crippen molar-refractivity contribution in [1.29, 1.82) is 5.26 Å². The van der Waals surface area contributed by atoms with Gasteiger partial charge in [-0.25, -0.2) is 4.98 Å². The number of anilines is 1. The second-order valence-electron chi connectivity index (χ2n) is 4.46. The Bertz CT molecular complexity index is 644. The summed E-state index contributed by atoms with van der Waals surface area (Å²) in [6.07, 6.45) is 5.67. The summed E-state index contributed by atoms with van der Waals surface area (Å²) in [6, 6.07) is 4.97. The number of unbranched alkanes of at least 4 members (excludes halogenated alkanes) is 2. The Balaban J connectivity index is 1.94. The number of carbonyl (C=O) groups excluding carboxylic acids is 1. The van der Waals surface area contributed by atoms with Crippen molar-refractivity contribution in [2.75, 3.05) is 5.32 Å². The number of carbonyl (C=O) groups is 1. The van der Waals surface area contributed by atoms with Gasteiger partial charge in [0.15, 0.2) is 0 Å². The summed E-state index contributed by atoms with van der Waals surface area (Å²) in [5.41, 5.74) is 0.664. The standard InChI is InChI=1S/C14H15N5OS/c1-2-3-4-5-12-18-19-14(21-12)17-13(20)10-6-7-11(8-15)16-9-10/h6-7,9H,2-5H2,1H3,(H,17,19,20). The van der Waals surface area contributed by atoms with Crippen LogP contribution in [0.1, 0.15) is 47.2 Å². The van der Waals surface area contributed by atoms with E-state index in [1.54, 1.807) is 6.07 Å². The first-order valence-electron chi connectivity index (χ1n) is 6.73. The van der Waals surface area contributed by atoms with E-state index in [-0.39, 0.29) is 11.6 Å². The number of hydrogen-bond donors (Lipinski definition) is 1. The van der Waals surface area contributed by atoms with Crippen LogP contribution in [0.15, 0.2) is 18.3 Å². The van der Waals surface area contributed by atoms with Crippen LogP contribution in [0.5, 0.6) is 0 Å². The minimum atomic E-state index is -0.303. The van der Waals surface area contributed by atoms with E-state index < -0.39 is 0 Å². The van der Waals surface area contributed by atoms with E-state index >= 15 is 0 Å². The zero-order valence-corrected chi connectivity index (χ0v) is 12.5. The molecule has 7 heteroatoms. The van der Waals surface area contributed by atoms with E-state index in [1.807, 2.05) is 6.07 Å². The van der Waals surface area contributed by atoms with Crippen molar-refractivity contribution in [1.82, 2.24) is 15.2 Å². The van der Waals surface area contributed by atoms with Gasteiger partial charge < -0.3 is 0 Å². The summed E-state index contributed by atoms with van der Waals surface area (Å²) in [5, 5.41) is 20.8. The van der Waals surface area contributed by atoms with Crippen molar-refractivity contribution in [3.8, 4) is 6.07 Å². The predicted octanol–water partition coefficient (Wildman–Crippen LogP) is 2.79. The van der Waals surface area contributed by atoms with Crippen LogP contribution in [0.25, 0.3) is 0 Å². The van der Waals surface area contributed by atoms with Gasteiger partial charge in [-0.15, -0.1) is 10.2 Å². The summed E-state index contributed by atoms with van der Waals surface area (Å²) in [6.45, 7) is 2.15. The minimum Gasteiger partial charge on any atom is -0.296 e. The van der Waals surface area contributed by atoms with E-state index in [0.29, 0.717) is 10.7 Å². The first-order chi connectivity index (χ1) is 10.2. The molecule has 1 amide bonds. The molecule has 0 fully saturated rings. The van der Waals surface area contributed by atoms with Crippen LogP contribution in [-0.2, 0) is 6.42 Å². The molecule has 0 saturated heterocycles. The molecule has 0 spiro atoms. The topological polar surface area (TPSA) is 91.6 Å². The molecule has 21 heavy (non-hydrogen) atoms. The molecule has 0 aliphatic carbocycles. The minimum absolute atomic E-state index is 0.278. The number of aromatic nitrogens is 3. The van der Waals surface area contributed by atoms with Crippen LogP contribution in [0, 0.1) is 11.3 Å². The molecule has 108 valence electrons. The van der Waals surface area contributed by atoms with Gasteiger partial charge in [0, 0.05) is 12.6 Å². The molecule has 6 nitrogen and oxygen atoms in total. The van der Waals surface area contributed by atoms with Crippen molar-refractivity contribution in [2.24, 2.45) is 0 Å². The third kappa shape index (κ3) is 4.33. The van der Waals surface area contributed by atoms with Crippen molar-refractivity contribution in [3.05, 3.63) is 34.6 Å². The lowest BCUT2D eigenvalue weighted by molar-refractivity contribution is 0.102. The fourth-order valence-corrected chi connectivity index (χ4v) is 2.47. The molecule has 0 saturated carbocycles. The summed E-state index contributed by atoms with van der Waals surface area (Å²) >= 11 is 1.39. The lowest BCUT2D eigenvalue weighted by Crippen LogP contribution is -2.12. The Kier molecular flexibility index (Phi) is 5.35. The number of amides is 1. The van der Waals surface area contributed by atoms with Crippen LogP contribution in [0.4, 0.5) is 5.13 Å². The van der Waals surface area contributed by atoms with Gasteiger partial charge in [0.2, 0.25) is 5.13 Å². The van der Waals surface area contributed by atoms with E-state index in [4.69, 9.17) is 5.26 Å². The molecule has 0 unspecified atom stereocenters. The lowest BCUT2D eigenvalue weighted by atomic mass is 10.2. The normalized spacial score (nSPS) is 10.1. The molecule has 1 N–H and O–H groups in total. The molecular formula is C14H15N5OS. The average molecular weight is 301 g/mol. The molecule has 0 aliphatic heterocycles. The summed E-state index contributed by atoms with van der Waals surface area (Å²) < 4.78 is 0. The van der Waals surface area contributed by atoms with Crippen molar-refractivity contribution >= 4 is 22.4 Å². The zero-order valence-electron chi connectivity index (χ0n) is 11.7. The number of nitriles is 1. The van der Waals surface area contributed by atoms with Crippen LogP contribution in [0.3, 0.4) is 0 Å². The van der Waals surface area contributed by atoms with Crippen molar-refractivity contribution in [3.63, 3.8) is 0 Å². The molecule has 0 aliphatic rings. The largest absolute Gasteiger partial charge is 0.296 e. The second-order valence-corrected chi connectivity index (χ2v) is 5.52. The quantitative estimate of drug-likeness (QED) is 0.828. The molecule has 0 aromatic carbocycles. The Labute approximate surface area is 126 Å². The monoisotopic (exact) mass is 301 g/mol. The fourth-order valence-electron chi connectivity index (χ4n) is 1.69. The van der Waals surface area contributed by atoms with Gasteiger partial charge in [0.25, 0.3) is 5.91 Å². The van der Waals surface area contributed by atoms with Crippen molar-refractivity contribution < 1.29 is 4.79 Å². The molecule has 2 heterocycles. The van der Waals surface area contributed by atoms with E-state index in [1.165, 1.54) is 23.6 Å². The highest BCUT2D eigenvalue weighted by Gasteiger charge is 2.10. The third-order valence-electron chi connectivity index (χ3n) is 2.82. The highest BCUT2D eigenvalue weighted by Crippen LogP contribution is 2.18. The van der Waals surface area contributed by atoms with Gasteiger partial charge in [-0.3, -0.25) is 10.1 Å². The van der Waals surface area contributed by atoms with Gasteiger partial charge in [-0.2, -0.15) is 5.26 Å². The molecule has 0 bridgehead atoms. The predicted molar refractivity (Wildman–Crippen MR) is 80.0 cm³/mol. The van der Waals surface area contributed by atoms with Gasteiger partial charge in [0.1, 0.15) is 16.8 Å². The van der Waals surface area contributed by atoms with Crippen LogP contribution in [0.2, 0.25) is 0 Å². The van der Waals surface area contributed by atoms with Gasteiger partial charge in [0.05, 0.1) is 5.56 Å². The van der Waals surface area contributed by atoms with Crippen LogP contribution in [-0.4, -0.2) is 21.1 Å². The molecule has 2 aromatic heterocycles. The Morgan fingerprint density at radius 1 is 1.38 bits per heavy atom. The van der Waals surface area contributed by atoms with Gasteiger partial charge >= 0.3 is 0 Å². The van der Waals surface area contributed by atoms with E-state index in [9.17, 15) is 4.79 Å². The summed E-state index contributed by atoms with van der Waals surface area (Å²) in [4.78, 5) is 15.8. The number of hydrogen-bond acceptors (Lipinski definition) is 6. The van der Waals surface area contributed by atoms with Crippen LogP contribution < -0.4 is 5.32 Å². The Hall–Kier alpha value is -2.33. The number of nitrogens with zero attached hydrogens (tertiary/aromatic N) is 4. The highest BCUT2D eigenvalue weighted by atomic mass is 32.1. The Morgan fingerprint density at radius 3 is 2.90 bits per heavy atom. The van der Waals surface area contributed by atoms with E-state index in [2.05, 4.69) is 27.4 Å². The van der Waals surface area contributed by atoms with E-state index in [0.717, 1.165) is 30.7 Å². The Morgan fingerprint density at radius 2 is 2.24 bits per heavy atom. The maximum atomic E-state index is 12.0. The second kappa shape index (κ2) is 7.45. The molecule has 0 radical (unpaired) electrons. The molecule has 2 rings (SSSR count). The average Bonchev–Trinajstić information content (AvgIpc) is 2.95. The maximum absolute atomic E-state index is 12.0. The molecule has 0 atom stereocenters. The maximum Gasteiger partial charge on any atom is 0.259 e. The molecular weight excluding hydrogens is 286 g/mol. The third-order valence-corrected chi connectivity index (χ3v) is 3.72. The first kappa shape index (κ1) is 15.1. The number of rotatable bonds is 6. The van der Waals surface area contributed by atoms with Crippen molar-refractivity contribution in [2.45, 2.75) is 32.6 Å². The first-order valence-corrected chi connectivity index (χ1v) is 7.54.